The Hall–Kier alpha value is -3.86. The van der Waals surface area contributed by atoms with Gasteiger partial charge in [0.05, 0.1) is 13.4 Å². The zero-order chi connectivity index (χ0) is 24.4. The molecule has 4 rings (SSSR count). The molecule has 0 spiro atoms. The average molecular weight is 469 g/mol. The van der Waals surface area contributed by atoms with Crippen LogP contribution in [0.5, 0.6) is 11.5 Å². The molecule has 3 heterocycles. The van der Waals surface area contributed by atoms with Crippen LogP contribution >= 0.6 is 0 Å². The molecule has 1 aliphatic heterocycles. The molecule has 0 unspecified atom stereocenters. The van der Waals surface area contributed by atoms with Crippen LogP contribution in [-0.4, -0.2) is 79.3 Å². The molecular weight excluding hydrogens is 440 g/mol. The fourth-order valence-corrected chi connectivity index (χ4v) is 4.08. The summed E-state index contributed by atoms with van der Waals surface area (Å²) in [5, 5.41) is 9.68. The third-order valence-corrected chi connectivity index (χ3v) is 6.18. The Bertz CT molecular complexity index is 1360. The summed E-state index contributed by atoms with van der Waals surface area (Å²) >= 11 is 0. The molecule has 1 aliphatic rings. The van der Waals surface area contributed by atoms with Crippen LogP contribution in [0.25, 0.3) is 17.2 Å². The third-order valence-electron chi connectivity index (χ3n) is 6.18. The highest BCUT2D eigenvalue weighted by molar-refractivity contribution is 5.92. The van der Waals surface area contributed by atoms with Crippen molar-refractivity contribution in [2.24, 2.45) is 14.1 Å². The number of hydrogen-bond donors (Lipinski definition) is 1. The van der Waals surface area contributed by atoms with Crippen molar-refractivity contribution in [1.29, 1.82) is 0 Å². The number of phenolic OH excluding ortho intramolecular Hbond substituents is 1. The molecule has 0 aliphatic carbocycles. The maximum Gasteiger partial charge on any atom is 0.332 e. The molecule has 0 bridgehead atoms. The lowest BCUT2D eigenvalue weighted by molar-refractivity contribution is -0.127. The number of aromatic nitrogens is 4. The van der Waals surface area contributed by atoms with Gasteiger partial charge < -0.3 is 19.3 Å². The van der Waals surface area contributed by atoms with E-state index in [2.05, 4.69) is 9.88 Å². The highest BCUT2D eigenvalue weighted by Gasteiger charge is 2.20. The van der Waals surface area contributed by atoms with E-state index in [9.17, 15) is 19.5 Å². The lowest BCUT2D eigenvalue weighted by Crippen LogP contribution is -2.49. The zero-order valence-corrected chi connectivity index (χ0v) is 19.5. The number of amides is 1. The molecule has 34 heavy (non-hydrogen) atoms. The van der Waals surface area contributed by atoms with Crippen molar-refractivity contribution in [3.63, 3.8) is 0 Å². The average Bonchev–Trinajstić information content (AvgIpc) is 3.28. The number of ether oxygens (including phenoxy) is 1. The van der Waals surface area contributed by atoms with Gasteiger partial charge in [0.1, 0.15) is 0 Å². The van der Waals surface area contributed by atoms with Gasteiger partial charge in [0.25, 0.3) is 5.56 Å². The Kier molecular flexibility index (Phi) is 6.55. The standard InChI is InChI=1S/C23H28N6O5/c1-25-21-20(22(32)26(2)23(25)33)29(15-24-21)13-10-27-8-11-28(12-9-27)19(31)7-5-16-4-6-17(30)18(14-16)34-3/h4-7,14-15,30H,8-13H2,1-3H3. The van der Waals surface area contributed by atoms with E-state index in [1.165, 1.54) is 30.9 Å². The molecule has 2 aromatic heterocycles. The van der Waals surface area contributed by atoms with E-state index in [1.54, 1.807) is 41.1 Å². The number of carbonyl (C=O) groups is 1. The first kappa shape index (κ1) is 23.3. The van der Waals surface area contributed by atoms with Crippen LogP contribution in [0.15, 0.2) is 40.2 Å². The molecule has 11 nitrogen and oxygen atoms in total. The number of benzene rings is 1. The lowest BCUT2D eigenvalue weighted by atomic mass is 10.2. The molecule has 0 saturated carbocycles. The minimum absolute atomic E-state index is 0.0511. The summed E-state index contributed by atoms with van der Waals surface area (Å²) in [4.78, 5) is 45.5. The van der Waals surface area contributed by atoms with Crippen molar-refractivity contribution in [3.05, 3.63) is 57.0 Å². The largest absolute Gasteiger partial charge is 0.504 e. The SMILES string of the molecule is COc1cc(C=CC(=O)N2CCN(CCn3cnc4c3c(=O)n(C)c(=O)n4C)CC2)ccc1O. The predicted molar refractivity (Wildman–Crippen MR) is 127 cm³/mol. The van der Waals surface area contributed by atoms with E-state index in [4.69, 9.17) is 4.74 Å². The van der Waals surface area contributed by atoms with Gasteiger partial charge in [-0.1, -0.05) is 6.07 Å². The number of carbonyl (C=O) groups excluding carboxylic acids is 1. The van der Waals surface area contributed by atoms with Gasteiger partial charge in [-0.3, -0.25) is 23.6 Å². The summed E-state index contributed by atoms with van der Waals surface area (Å²) in [6.07, 6.45) is 4.82. The van der Waals surface area contributed by atoms with Crippen LogP contribution in [0.2, 0.25) is 0 Å². The van der Waals surface area contributed by atoms with Gasteiger partial charge in [0.15, 0.2) is 22.7 Å². The van der Waals surface area contributed by atoms with Crippen molar-refractivity contribution >= 4 is 23.1 Å². The first-order chi connectivity index (χ1) is 16.3. The number of nitrogens with zero attached hydrogens (tertiary/aromatic N) is 6. The second-order valence-corrected chi connectivity index (χ2v) is 8.25. The van der Waals surface area contributed by atoms with Gasteiger partial charge in [-0.15, -0.1) is 0 Å². The zero-order valence-electron chi connectivity index (χ0n) is 19.5. The maximum absolute atomic E-state index is 12.6. The minimum atomic E-state index is -0.401. The Morgan fingerprint density at radius 1 is 1.12 bits per heavy atom. The molecule has 1 fully saturated rings. The third kappa shape index (κ3) is 4.46. The molecule has 180 valence electrons. The topological polar surface area (TPSA) is 115 Å². The normalized spacial score (nSPS) is 14.9. The number of hydrogen-bond acceptors (Lipinski definition) is 7. The quantitative estimate of drug-likeness (QED) is 0.507. The molecule has 1 N–H and O–H groups in total. The first-order valence-corrected chi connectivity index (χ1v) is 11.0. The van der Waals surface area contributed by atoms with Gasteiger partial charge in [-0.05, 0) is 23.8 Å². The van der Waals surface area contributed by atoms with Gasteiger partial charge >= 0.3 is 5.69 Å². The molecular formula is C23H28N6O5. The fourth-order valence-electron chi connectivity index (χ4n) is 4.08. The minimum Gasteiger partial charge on any atom is -0.504 e. The number of aromatic hydroxyl groups is 1. The van der Waals surface area contributed by atoms with Crippen molar-refractivity contribution < 1.29 is 14.6 Å². The van der Waals surface area contributed by atoms with E-state index < -0.39 is 5.69 Å². The fraction of sp³-hybridized carbons (Fsp3) is 0.391. The van der Waals surface area contributed by atoms with Gasteiger partial charge in [0.2, 0.25) is 5.91 Å². The second kappa shape index (κ2) is 9.56. The Balaban J connectivity index is 1.34. The summed E-state index contributed by atoms with van der Waals surface area (Å²) < 4.78 is 9.34. The highest BCUT2D eigenvalue weighted by atomic mass is 16.5. The number of aryl methyl sites for hydroxylation is 1. The molecule has 11 heteroatoms. The van der Waals surface area contributed by atoms with Crippen molar-refractivity contribution in [2.75, 3.05) is 39.8 Å². The van der Waals surface area contributed by atoms with Crippen LogP contribution in [0.1, 0.15) is 5.56 Å². The summed E-state index contributed by atoms with van der Waals surface area (Å²) in [7, 11) is 4.54. The summed E-state index contributed by atoms with van der Waals surface area (Å²) in [6.45, 7) is 3.89. The predicted octanol–water partition coefficient (Wildman–Crippen LogP) is 0.00550. The number of methoxy groups -OCH3 is 1. The smallest absolute Gasteiger partial charge is 0.332 e. The number of piperazine rings is 1. The van der Waals surface area contributed by atoms with E-state index in [0.717, 1.165) is 23.2 Å². The van der Waals surface area contributed by atoms with Crippen LogP contribution in [0, 0.1) is 0 Å². The van der Waals surface area contributed by atoms with Crippen LogP contribution in [0.3, 0.4) is 0 Å². The van der Waals surface area contributed by atoms with E-state index in [0.29, 0.717) is 43.1 Å². The summed E-state index contributed by atoms with van der Waals surface area (Å²) in [5.41, 5.74) is 0.792. The monoisotopic (exact) mass is 468 g/mol. The molecule has 0 radical (unpaired) electrons. The molecule has 1 amide bonds. The van der Waals surface area contributed by atoms with Gasteiger partial charge in [-0.25, -0.2) is 9.78 Å². The van der Waals surface area contributed by atoms with Crippen molar-refractivity contribution in [1.82, 2.24) is 28.5 Å². The number of imidazole rings is 1. The first-order valence-electron chi connectivity index (χ1n) is 11.0. The van der Waals surface area contributed by atoms with E-state index >= 15 is 0 Å². The summed E-state index contributed by atoms with van der Waals surface area (Å²) in [5.74, 6) is 0.334. The van der Waals surface area contributed by atoms with Gasteiger partial charge in [0, 0.05) is 59.4 Å². The van der Waals surface area contributed by atoms with Gasteiger partial charge in [-0.2, -0.15) is 0 Å². The van der Waals surface area contributed by atoms with E-state index in [1.807, 2.05) is 0 Å². The highest BCUT2D eigenvalue weighted by Crippen LogP contribution is 2.26. The number of rotatable bonds is 6. The lowest BCUT2D eigenvalue weighted by Gasteiger charge is -2.34. The second-order valence-electron chi connectivity index (χ2n) is 8.25. The Morgan fingerprint density at radius 2 is 1.85 bits per heavy atom. The molecule has 3 aromatic rings. The molecule has 1 saturated heterocycles. The number of phenols is 1. The van der Waals surface area contributed by atoms with Crippen molar-refractivity contribution in [2.45, 2.75) is 6.54 Å². The van der Waals surface area contributed by atoms with Crippen molar-refractivity contribution in [3.8, 4) is 11.5 Å². The van der Waals surface area contributed by atoms with Crippen LogP contribution < -0.4 is 16.0 Å². The Labute approximate surface area is 195 Å². The number of fused-ring (bicyclic) bond motifs is 1. The van der Waals surface area contributed by atoms with Crippen LogP contribution in [0.4, 0.5) is 0 Å². The Morgan fingerprint density at radius 3 is 2.56 bits per heavy atom. The van der Waals surface area contributed by atoms with Crippen LogP contribution in [-0.2, 0) is 25.4 Å². The molecule has 0 atom stereocenters. The van der Waals surface area contributed by atoms with E-state index in [-0.39, 0.29) is 17.2 Å². The maximum atomic E-state index is 12.6. The summed E-state index contributed by atoms with van der Waals surface area (Å²) in [6, 6.07) is 4.91. The molecule has 1 aromatic carbocycles.